The second-order valence-corrected chi connectivity index (χ2v) is 18.2. The number of quaternary nitrogens is 1. The third-order valence-electron chi connectivity index (χ3n) is 12.3. The molecule has 0 amide bonds. The standard InChI is InChI=1S/C36H66NO6P/c1-27(2)10-9-11-28(3)32-14-15-33-31-13-12-29-26-30(16-18-35(29,4)34(31)17-19-36(32,33)5)41-24-22-40-23-25-43-44(38,39)42-21-20-37(6,7)8/h12,27-28,30-34H,9-11,13-26H2,1-8H3/p+1/t28-,30+,31?,32-,33?,34?,35+,36-/m1/s1. The number of phosphoric acid groups is 1. The van der Waals surface area contributed by atoms with Gasteiger partial charge in [0.05, 0.1) is 53.7 Å². The Morgan fingerprint density at radius 2 is 1.66 bits per heavy atom. The van der Waals surface area contributed by atoms with Crippen LogP contribution in [0.25, 0.3) is 0 Å². The molecule has 0 bridgehead atoms. The van der Waals surface area contributed by atoms with E-state index in [0.29, 0.717) is 35.1 Å². The zero-order valence-electron chi connectivity index (χ0n) is 29.5. The second-order valence-electron chi connectivity index (χ2n) is 16.8. The van der Waals surface area contributed by atoms with Gasteiger partial charge in [0.25, 0.3) is 0 Å². The number of rotatable bonds is 17. The zero-order valence-corrected chi connectivity index (χ0v) is 30.4. The van der Waals surface area contributed by atoms with Crippen LogP contribution in [0.5, 0.6) is 0 Å². The number of nitrogens with zero attached hydrogens (tertiary/aromatic N) is 1. The van der Waals surface area contributed by atoms with Crippen LogP contribution in [0.15, 0.2) is 11.6 Å². The van der Waals surface area contributed by atoms with Crippen molar-refractivity contribution in [3.8, 4) is 0 Å². The first kappa shape index (κ1) is 36.6. The molecule has 0 aromatic rings. The van der Waals surface area contributed by atoms with Gasteiger partial charge in [-0.1, -0.05) is 65.5 Å². The Kier molecular flexibility index (Phi) is 12.7. The van der Waals surface area contributed by atoms with Crippen molar-refractivity contribution in [1.29, 1.82) is 0 Å². The molecule has 256 valence electrons. The number of phosphoric ester groups is 1. The van der Waals surface area contributed by atoms with Crippen molar-refractivity contribution in [3.05, 3.63) is 11.6 Å². The van der Waals surface area contributed by atoms with E-state index in [-0.39, 0.29) is 25.9 Å². The highest BCUT2D eigenvalue weighted by atomic mass is 31.2. The summed E-state index contributed by atoms with van der Waals surface area (Å²) in [4.78, 5) is 9.82. The Morgan fingerprint density at radius 3 is 2.39 bits per heavy atom. The molecule has 1 N–H and O–H groups in total. The van der Waals surface area contributed by atoms with Crippen LogP contribution in [0, 0.1) is 46.3 Å². The maximum Gasteiger partial charge on any atom is 0.472 e. The molecule has 0 aromatic carbocycles. The Hall–Kier alpha value is -0.270. The molecule has 0 heterocycles. The van der Waals surface area contributed by atoms with E-state index < -0.39 is 7.82 Å². The first-order valence-corrected chi connectivity index (χ1v) is 19.5. The fraction of sp³-hybridized carbons (Fsp3) is 0.944. The highest BCUT2D eigenvalue weighted by Gasteiger charge is 2.59. The van der Waals surface area contributed by atoms with Crippen molar-refractivity contribution in [2.75, 3.05) is 60.7 Å². The van der Waals surface area contributed by atoms with Crippen LogP contribution in [0.3, 0.4) is 0 Å². The quantitative estimate of drug-likeness (QED) is 0.0747. The van der Waals surface area contributed by atoms with Crippen LogP contribution in [0.2, 0.25) is 0 Å². The minimum absolute atomic E-state index is 0.0210. The minimum Gasteiger partial charge on any atom is -0.377 e. The summed E-state index contributed by atoms with van der Waals surface area (Å²) in [5.74, 6) is 5.20. The van der Waals surface area contributed by atoms with E-state index in [1.165, 1.54) is 57.8 Å². The summed E-state index contributed by atoms with van der Waals surface area (Å²) in [6, 6.07) is 0. The molecule has 9 atom stereocenters. The Balaban J connectivity index is 1.18. The van der Waals surface area contributed by atoms with Crippen LogP contribution >= 0.6 is 7.82 Å². The van der Waals surface area contributed by atoms with Gasteiger partial charge in [-0.15, -0.1) is 0 Å². The van der Waals surface area contributed by atoms with Crippen LogP contribution in [-0.2, 0) is 23.1 Å². The molecular formula is C36H67NO6P+. The lowest BCUT2D eigenvalue weighted by Crippen LogP contribution is -2.51. The van der Waals surface area contributed by atoms with Crippen molar-refractivity contribution in [1.82, 2.24) is 0 Å². The van der Waals surface area contributed by atoms with Crippen molar-refractivity contribution in [2.45, 2.75) is 111 Å². The molecule has 0 aromatic heterocycles. The monoisotopic (exact) mass is 640 g/mol. The Bertz CT molecular complexity index is 996. The molecule has 3 saturated carbocycles. The van der Waals surface area contributed by atoms with Gasteiger partial charge in [0.2, 0.25) is 0 Å². The first-order valence-electron chi connectivity index (χ1n) is 18.0. The number of hydrogen-bond donors (Lipinski definition) is 1. The number of likely N-dealkylation sites (N-methyl/N-ethyl adjacent to an activating group) is 1. The molecule has 44 heavy (non-hydrogen) atoms. The maximum absolute atomic E-state index is 12.0. The lowest BCUT2D eigenvalue weighted by Gasteiger charge is -2.58. The van der Waals surface area contributed by atoms with E-state index in [1.54, 1.807) is 5.57 Å². The molecular weight excluding hydrogens is 573 g/mol. The number of allylic oxidation sites excluding steroid dienone is 1. The van der Waals surface area contributed by atoms with Crippen molar-refractivity contribution >= 4 is 7.82 Å². The van der Waals surface area contributed by atoms with E-state index >= 15 is 0 Å². The third-order valence-corrected chi connectivity index (χ3v) is 13.4. The largest absolute Gasteiger partial charge is 0.472 e. The van der Waals surface area contributed by atoms with Gasteiger partial charge in [-0.05, 0) is 97.7 Å². The molecule has 0 spiro atoms. The van der Waals surface area contributed by atoms with Gasteiger partial charge >= 0.3 is 7.82 Å². The predicted molar refractivity (Wildman–Crippen MR) is 178 cm³/mol. The van der Waals surface area contributed by atoms with E-state index in [2.05, 4.69) is 40.7 Å². The van der Waals surface area contributed by atoms with E-state index in [0.717, 1.165) is 48.3 Å². The molecule has 4 aliphatic rings. The smallest absolute Gasteiger partial charge is 0.377 e. The average Bonchev–Trinajstić information content (AvgIpc) is 3.28. The Morgan fingerprint density at radius 1 is 0.932 bits per heavy atom. The molecule has 4 unspecified atom stereocenters. The van der Waals surface area contributed by atoms with Crippen LogP contribution in [0.4, 0.5) is 0 Å². The number of ether oxygens (including phenoxy) is 2. The molecule has 0 radical (unpaired) electrons. The van der Waals surface area contributed by atoms with E-state index in [1.807, 2.05) is 21.1 Å². The van der Waals surface area contributed by atoms with Crippen LogP contribution < -0.4 is 0 Å². The fourth-order valence-electron chi connectivity index (χ4n) is 9.85. The van der Waals surface area contributed by atoms with Gasteiger partial charge in [0.15, 0.2) is 0 Å². The first-order chi connectivity index (χ1) is 20.6. The highest BCUT2D eigenvalue weighted by Crippen LogP contribution is 2.67. The molecule has 0 aliphatic heterocycles. The zero-order chi connectivity index (χ0) is 32.2. The molecule has 4 rings (SSSR count). The van der Waals surface area contributed by atoms with Gasteiger partial charge in [0, 0.05) is 0 Å². The maximum atomic E-state index is 12.0. The molecule has 0 saturated heterocycles. The summed E-state index contributed by atoms with van der Waals surface area (Å²) in [5.41, 5.74) is 2.54. The van der Waals surface area contributed by atoms with Gasteiger partial charge in [0.1, 0.15) is 13.2 Å². The lowest BCUT2D eigenvalue weighted by molar-refractivity contribution is -0.870. The number of hydrogen-bond acceptors (Lipinski definition) is 5. The van der Waals surface area contributed by atoms with Crippen LogP contribution in [-0.4, -0.2) is 76.2 Å². The summed E-state index contributed by atoms with van der Waals surface area (Å²) in [6.07, 6.45) is 17.5. The van der Waals surface area contributed by atoms with Crippen molar-refractivity contribution in [2.24, 2.45) is 46.3 Å². The topological polar surface area (TPSA) is 74.2 Å². The van der Waals surface area contributed by atoms with E-state index in [4.69, 9.17) is 18.5 Å². The normalized spacial score (nSPS) is 35.9. The summed E-state index contributed by atoms with van der Waals surface area (Å²) in [7, 11) is 1.97. The fourth-order valence-corrected chi connectivity index (χ4v) is 10.5. The summed E-state index contributed by atoms with van der Waals surface area (Å²) in [6.45, 7) is 14.6. The van der Waals surface area contributed by atoms with Gasteiger partial charge in [-0.25, -0.2) is 4.57 Å². The van der Waals surface area contributed by atoms with Gasteiger partial charge < -0.3 is 18.9 Å². The van der Waals surface area contributed by atoms with Crippen molar-refractivity contribution < 1.29 is 32.5 Å². The van der Waals surface area contributed by atoms with E-state index in [9.17, 15) is 9.46 Å². The Labute approximate surface area is 270 Å². The van der Waals surface area contributed by atoms with Gasteiger partial charge in [-0.2, -0.15) is 0 Å². The lowest BCUT2D eigenvalue weighted by atomic mass is 9.47. The van der Waals surface area contributed by atoms with Gasteiger partial charge in [-0.3, -0.25) is 9.05 Å². The average molecular weight is 641 g/mol. The highest BCUT2D eigenvalue weighted by molar-refractivity contribution is 7.47. The molecule has 8 heteroatoms. The van der Waals surface area contributed by atoms with Crippen LogP contribution in [0.1, 0.15) is 105 Å². The molecule has 4 aliphatic carbocycles. The summed E-state index contributed by atoms with van der Waals surface area (Å²) >= 11 is 0. The third kappa shape index (κ3) is 9.20. The molecule has 7 nitrogen and oxygen atoms in total. The molecule has 3 fully saturated rings. The second kappa shape index (κ2) is 15.3. The predicted octanol–water partition coefficient (Wildman–Crippen LogP) is 8.27. The SMILES string of the molecule is CC(C)CCC[C@@H](C)[C@H]1CCC2C3CC=C4C[C@@H](OCCOCCOP(=O)(O)OCC[N+](C)(C)C)CC[C@]4(C)C3CC[C@@]21C. The summed E-state index contributed by atoms with van der Waals surface area (Å²) < 4.78 is 34.6. The number of fused-ring (bicyclic) bond motifs is 5. The van der Waals surface area contributed by atoms with Crippen molar-refractivity contribution in [3.63, 3.8) is 0 Å². The minimum atomic E-state index is -4.04. The summed E-state index contributed by atoms with van der Waals surface area (Å²) in [5, 5.41) is 0.